The summed E-state index contributed by atoms with van der Waals surface area (Å²) in [6.45, 7) is 3.05. The second-order valence-electron chi connectivity index (χ2n) is 7.63. The Bertz CT molecular complexity index is 833. The van der Waals surface area contributed by atoms with Crippen molar-refractivity contribution in [2.75, 3.05) is 26.2 Å². The Morgan fingerprint density at radius 2 is 1.79 bits per heavy atom. The van der Waals surface area contributed by atoms with Crippen LogP contribution < -0.4 is 5.32 Å². The number of carbonyl (C=O) groups is 2. The molecule has 3 heterocycles. The first-order valence-electron chi connectivity index (χ1n) is 9.98. The highest BCUT2D eigenvalue weighted by Crippen LogP contribution is 2.23. The minimum Gasteiger partial charge on any atom is -0.353 e. The van der Waals surface area contributed by atoms with Gasteiger partial charge in [-0.25, -0.2) is 4.39 Å². The summed E-state index contributed by atoms with van der Waals surface area (Å²) in [6.07, 6.45) is 5.27. The van der Waals surface area contributed by atoms with Crippen molar-refractivity contribution in [2.45, 2.75) is 37.9 Å². The van der Waals surface area contributed by atoms with Gasteiger partial charge in [-0.15, -0.1) is 10.2 Å². The highest BCUT2D eigenvalue weighted by atomic mass is 19.1. The number of aromatic nitrogens is 3. The van der Waals surface area contributed by atoms with E-state index in [1.165, 1.54) is 12.1 Å². The average Bonchev–Trinajstić information content (AvgIpc) is 3.27. The van der Waals surface area contributed by atoms with E-state index in [1.807, 2.05) is 14.4 Å². The number of piperidine rings is 1. The number of amides is 2. The maximum atomic E-state index is 13.2. The van der Waals surface area contributed by atoms with Gasteiger partial charge in [0.1, 0.15) is 18.5 Å². The lowest BCUT2D eigenvalue weighted by molar-refractivity contribution is -0.139. The molecule has 1 aromatic heterocycles. The third kappa shape index (κ3) is 4.61. The molecule has 0 radical (unpaired) electrons. The van der Waals surface area contributed by atoms with Crippen LogP contribution in [0.3, 0.4) is 0 Å². The molecule has 2 fully saturated rings. The van der Waals surface area contributed by atoms with E-state index in [2.05, 4.69) is 15.5 Å². The average molecular weight is 400 g/mol. The highest BCUT2D eigenvalue weighted by Gasteiger charge is 2.34. The molecule has 0 spiro atoms. The van der Waals surface area contributed by atoms with Crippen molar-refractivity contribution < 1.29 is 14.0 Å². The number of nitrogens with one attached hydrogen (secondary N) is 1. The van der Waals surface area contributed by atoms with Gasteiger partial charge in [-0.1, -0.05) is 12.1 Å². The molecule has 1 atom stereocenters. The summed E-state index contributed by atoms with van der Waals surface area (Å²) in [5, 5.41) is 10.6. The number of piperazine rings is 1. The van der Waals surface area contributed by atoms with E-state index < -0.39 is 6.04 Å². The number of likely N-dealkylation sites (tertiary alicyclic amines) is 1. The first kappa shape index (κ1) is 19.5. The fraction of sp³-hybridized carbons (Fsp3) is 0.500. The molecule has 1 N–H and O–H groups in total. The van der Waals surface area contributed by atoms with Crippen molar-refractivity contribution in [1.82, 2.24) is 29.9 Å². The molecule has 0 aliphatic carbocycles. The third-order valence-electron chi connectivity index (χ3n) is 5.78. The summed E-state index contributed by atoms with van der Waals surface area (Å²) < 4.78 is 15.1. The second kappa shape index (κ2) is 8.69. The van der Waals surface area contributed by atoms with Gasteiger partial charge in [-0.2, -0.15) is 0 Å². The van der Waals surface area contributed by atoms with Crippen LogP contribution in [0, 0.1) is 5.82 Å². The van der Waals surface area contributed by atoms with Gasteiger partial charge in [0.05, 0.1) is 12.5 Å². The smallest absolute Gasteiger partial charge is 0.237 e. The highest BCUT2D eigenvalue weighted by molar-refractivity contribution is 5.88. The van der Waals surface area contributed by atoms with Crippen LogP contribution in [0.25, 0.3) is 0 Å². The largest absolute Gasteiger partial charge is 0.353 e. The van der Waals surface area contributed by atoms with Crippen molar-refractivity contribution in [2.24, 2.45) is 0 Å². The maximum absolute atomic E-state index is 13.2. The molecule has 2 saturated heterocycles. The molecular formula is C20H25FN6O2. The van der Waals surface area contributed by atoms with Crippen molar-refractivity contribution in [3.05, 3.63) is 48.3 Å². The van der Waals surface area contributed by atoms with Gasteiger partial charge in [0, 0.05) is 38.8 Å². The van der Waals surface area contributed by atoms with Crippen LogP contribution in [-0.4, -0.2) is 68.6 Å². The molecule has 8 nitrogen and oxygen atoms in total. The molecule has 29 heavy (non-hydrogen) atoms. The summed E-state index contributed by atoms with van der Waals surface area (Å²) in [7, 11) is 0. The van der Waals surface area contributed by atoms with Gasteiger partial charge in [0.2, 0.25) is 11.8 Å². The minimum atomic E-state index is -0.503. The molecular weight excluding hydrogens is 375 g/mol. The summed E-state index contributed by atoms with van der Waals surface area (Å²) in [5.74, 6) is -0.406. The Kier molecular flexibility index (Phi) is 5.84. The fourth-order valence-corrected chi connectivity index (χ4v) is 4.10. The molecule has 4 rings (SSSR count). The maximum Gasteiger partial charge on any atom is 0.237 e. The zero-order valence-corrected chi connectivity index (χ0v) is 16.2. The quantitative estimate of drug-likeness (QED) is 0.809. The predicted octanol–water partition coefficient (Wildman–Crippen LogP) is 0.971. The van der Waals surface area contributed by atoms with Gasteiger partial charge < -0.3 is 14.8 Å². The number of benzene rings is 1. The minimum absolute atomic E-state index is 0.00152. The number of nitrogens with zero attached hydrogens (tertiary/aromatic N) is 5. The van der Waals surface area contributed by atoms with Crippen LogP contribution in [0.1, 0.15) is 30.9 Å². The van der Waals surface area contributed by atoms with Gasteiger partial charge in [-0.05, 0) is 30.5 Å². The van der Waals surface area contributed by atoms with Gasteiger partial charge >= 0.3 is 0 Å². The Morgan fingerprint density at radius 3 is 2.48 bits per heavy atom. The molecule has 2 amide bonds. The van der Waals surface area contributed by atoms with Crippen LogP contribution >= 0.6 is 0 Å². The summed E-state index contributed by atoms with van der Waals surface area (Å²) in [4.78, 5) is 29.2. The Balaban J connectivity index is 1.36. The monoisotopic (exact) mass is 400 g/mol. The van der Waals surface area contributed by atoms with Crippen molar-refractivity contribution in [3.8, 4) is 0 Å². The number of hydrogen-bond donors (Lipinski definition) is 1. The van der Waals surface area contributed by atoms with Crippen LogP contribution in [0.15, 0.2) is 36.9 Å². The van der Waals surface area contributed by atoms with Crippen LogP contribution in [0.5, 0.6) is 0 Å². The van der Waals surface area contributed by atoms with E-state index in [-0.39, 0.29) is 24.1 Å². The number of hydrogen-bond acceptors (Lipinski definition) is 5. The lowest BCUT2D eigenvalue weighted by atomic mass is 10.0. The topological polar surface area (TPSA) is 83.4 Å². The normalized spacial score (nSPS) is 21.2. The predicted molar refractivity (Wildman–Crippen MR) is 103 cm³/mol. The fourth-order valence-electron chi connectivity index (χ4n) is 4.10. The summed E-state index contributed by atoms with van der Waals surface area (Å²) >= 11 is 0. The van der Waals surface area contributed by atoms with Crippen LogP contribution in [0.2, 0.25) is 0 Å². The van der Waals surface area contributed by atoms with Crippen LogP contribution in [0.4, 0.5) is 4.39 Å². The molecule has 2 aromatic rings. The first-order valence-corrected chi connectivity index (χ1v) is 9.98. The molecule has 2 aliphatic heterocycles. The van der Waals surface area contributed by atoms with Crippen molar-refractivity contribution in [3.63, 3.8) is 0 Å². The van der Waals surface area contributed by atoms with Crippen molar-refractivity contribution in [1.29, 1.82) is 0 Å². The van der Waals surface area contributed by atoms with Gasteiger partial charge in [0.15, 0.2) is 0 Å². The van der Waals surface area contributed by atoms with Crippen LogP contribution in [-0.2, 0) is 16.1 Å². The Hall–Kier alpha value is -2.81. The molecule has 154 valence electrons. The lowest BCUT2D eigenvalue weighted by Crippen LogP contribution is -2.56. The number of halogens is 1. The first-order chi connectivity index (χ1) is 14.1. The van der Waals surface area contributed by atoms with E-state index in [0.717, 1.165) is 18.4 Å². The summed E-state index contributed by atoms with van der Waals surface area (Å²) in [5.41, 5.74) is 0.924. The van der Waals surface area contributed by atoms with E-state index in [4.69, 9.17) is 0 Å². The standard InChI is InChI=1S/C20H25FN6O2/c21-16-3-1-15(2-4-16)12-26-10-7-22-20(29)18(26)11-19(28)25-8-5-17(6-9-25)27-13-23-24-14-27/h1-4,13-14,17-18H,5-12H2,(H,22,29). The molecule has 1 unspecified atom stereocenters. The zero-order chi connectivity index (χ0) is 20.2. The van der Waals surface area contributed by atoms with Crippen molar-refractivity contribution >= 4 is 11.8 Å². The third-order valence-corrected chi connectivity index (χ3v) is 5.78. The molecule has 0 saturated carbocycles. The second-order valence-corrected chi connectivity index (χ2v) is 7.63. The SMILES string of the molecule is O=C1NCCN(Cc2ccc(F)cc2)C1CC(=O)N1CCC(n2cnnc2)CC1. The Morgan fingerprint density at radius 1 is 1.10 bits per heavy atom. The molecule has 1 aromatic carbocycles. The molecule has 0 bridgehead atoms. The van der Waals surface area contributed by atoms with E-state index in [9.17, 15) is 14.0 Å². The summed E-state index contributed by atoms with van der Waals surface area (Å²) in [6, 6.07) is 6.07. The molecule has 9 heteroatoms. The van der Waals surface area contributed by atoms with E-state index in [0.29, 0.717) is 38.8 Å². The van der Waals surface area contributed by atoms with Gasteiger partial charge in [-0.3, -0.25) is 14.5 Å². The van der Waals surface area contributed by atoms with Gasteiger partial charge in [0.25, 0.3) is 0 Å². The van der Waals surface area contributed by atoms with E-state index >= 15 is 0 Å². The molecule has 2 aliphatic rings. The zero-order valence-electron chi connectivity index (χ0n) is 16.2. The van der Waals surface area contributed by atoms with E-state index in [1.54, 1.807) is 24.8 Å². The Labute approximate surface area is 168 Å². The lowest BCUT2D eigenvalue weighted by Gasteiger charge is -2.37. The number of rotatable bonds is 5. The number of carbonyl (C=O) groups excluding carboxylic acids is 2.